The predicted octanol–water partition coefficient (Wildman–Crippen LogP) is 5.11. The Morgan fingerprint density at radius 3 is 1.70 bits per heavy atom. The number of nitrogens with one attached hydrogen (secondary N) is 1. The molecule has 0 saturated heterocycles. The van der Waals surface area contributed by atoms with Crippen LogP contribution in [-0.2, 0) is 4.79 Å². The smallest absolute Gasteiger partial charge is 0.236 e. The normalized spacial score (nSPS) is 11.6. The Morgan fingerprint density at radius 1 is 0.900 bits per heavy atom. The van der Waals surface area contributed by atoms with E-state index in [9.17, 15) is 4.79 Å². The fourth-order valence-electron chi connectivity index (χ4n) is 2.06. The molecule has 1 N–H and O–H groups in total. The zero-order chi connectivity index (χ0) is 15.3. The molecule has 0 radical (unpaired) electrons. The SMILES string of the molecule is CC(C)(Br)C(=O)NCCCCCCCCCCCCS. The number of unbranched alkanes of at least 4 members (excludes halogenated alkanes) is 9. The van der Waals surface area contributed by atoms with E-state index in [2.05, 4.69) is 33.9 Å². The second kappa shape index (κ2) is 13.0. The number of halogens is 1. The number of carbonyl (C=O) groups is 1. The van der Waals surface area contributed by atoms with Crippen molar-refractivity contribution in [1.82, 2.24) is 5.32 Å². The number of thiol groups is 1. The number of hydrogen-bond donors (Lipinski definition) is 2. The van der Waals surface area contributed by atoms with Crippen LogP contribution < -0.4 is 5.32 Å². The van der Waals surface area contributed by atoms with Crippen molar-refractivity contribution in [1.29, 1.82) is 0 Å². The summed E-state index contributed by atoms with van der Waals surface area (Å²) < 4.78 is -0.444. The molecule has 0 aromatic carbocycles. The van der Waals surface area contributed by atoms with Gasteiger partial charge in [-0.25, -0.2) is 0 Å². The molecular formula is C16H32BrNOS. The third-order valence-electron chi connectivity index (χ3n) is 3.41. The van der Waals surface area contributed by atoms with Crippen molar-refractivity contribution in [2.75, 3.05) is 12.3 Å². The van der Waals surface area contributed by atoms with Gasteiger partial charge in [-0.15, -0.1) is 0 Å². The Kier molecular flexibility index (Phi) is 13.2. The molecule has 0 bridgehead atoms. The average molecular weight is 366 g/mol. The lowest BCUT2D eigenvalue weighted by atomic mass is 10.1. The zero-order valence-corrected chi connectivity index (χ0v) is 15.7. The highest BCUT2D eigenvalue weighted by Crippen LogP contribution is 2.15. The fraction of sp³-hybridized carbons (Fsp3) is 0.938. The van der Waals surface area contributed by atoms with Crippen LogP contribution in [0.2, 0.25) is 0 Å². The Labute approximate surface area is 139 Å². The number of carbonyl (C=O) groups excluding carboxylic acids is 1. The standard InChI is InChI=1S/C16H32BrNOS/c1-16(2,17)15(19)18-13-11-9-7-5-3-4-6-8-10-12-14-20/h20H,3-14H2,1-2H3,(H,18,19). The largest absolute Gasteiger partial charge is 0.355 e. The second-order valence-corrected chi connectivity index (χ2v) is 8.42. The van der Waals surface area contributed by atoms with Crippen LogP contribution in [0.4, 0.5) is 0 Å². The minimum absolute atomic E-state index is 0.0821. The molecule has 2 nitrogen and oxygen atoms in total. The first-order valence-electron chi connectivity index (χ1n) is 8.06. The van der Waals surface area contributed by atoms with Crippen LogP contribution in [0.3, 0.4) is 0 Å². The molecular weight excluding hydrogens is 334 g/mol. The number of rotatable bonds is 13. The van der Waals surface area contributed by atoms with Crippen molar-refractivity contribution in [3.63, 3.8) is 0 Å². The monoisotopic (exact) mass is 365 g/mol. The number of hydrogen-bond acceptors (Lipinski definition) is 2. The van der Waals surface area contributed by atoms with E-state index in [0.717, 1.165) is 18.7 Å². The molecule has 0 aliphatic carbocycles. The molecule has 0 unspecified atom stereocenters. The minimum Gasteiger partial charge on any atom is -0.355 e. The summed E-state index contributed by atoms with van der Waals surface area (Å²) in [6.07, 6.45) is 13.0. The molecule has 0 aromatic heterocycles. The van der Waals surface area contributed by atoms with Crippen molar-refractivity contribution in [3.05, 3.63) is 0 Å². The molecule has 120 valence electrons. The Hall–Kier alpha value is 0.300. The molecule has 0 rings (SSSR count). The van der Waals surface area contributed by atoms with Gasteiger partial charge in [0.25, 0.3) is 0 Å². The lowest BCUT2D eigenvalue weighted by Gasteiger charge is -2.15. The lowest BCUT2D eigenvalue weighted by Crippen LogP contribution is -2.37. The summed E-state index contributed by atoms with van der Waals surface area (Å²) in [5.41, 5.74) is 0. The minimum atomic E-state index is -0.444. The van der Waals surface area contributed by atoms with E-state index in [-0.39, 0.29) is 5.91 Å². The highest BCUT2D eigenvalue weighted by Gasteiger charge is 2.22. The van der Waals surface area contributed by atoms with Crippen LogP contribution in [0.25, 0.3) is 0 Å². The van der Waals surface area contributed by atoms with E-state index >= 15 is 0 Å². The van der Waals surface area contributed by atoms with Gasteiger partial charge in [0.1, 0.15) is 0 Å². The van der Waals surface area contributed by atoms with Crippen LogP contribution in [0.15, 0.2) is 0 Å². The van der Waals surface area contributed by atoms with Crippen molar-refractivity contribution >= 4 is 34.5 Å². The second-order valence-electron chi connectivity index (χ2n) is 5.99. The van der Waals surface area contributed by atoms with Crippen LogP contribution in [-0.4, -0.2) is 22.5 Å². The van der Waals surface area contributed by atoms with E-state index in [4.69, 9.17) is 0 Å². The molecule has 0 aromatic rings. The number of amides is 1. The van der Waals surface area contributed by atoms with Crippen LogP contribution in [0.1, 0.15) is 78.1 Å². The maximum Gasteiger partial charge on any atom is 0.236 e. The van der Waals surface area contributed by atoms with Gasteiger partial charge >= 0.3 is 0 Å². The third kappa shape index (κ3) is 13.3. The molecule has 0 spiro atoms. The lowest BCUT2D eigenvalue weighted by molar-refractivity contribution is -0.122. The van der Waals surface area contributed by atoms with Crippen LogP contribution >= 0.6 is 28.6 Å². The first-order valence-corrected chi connectivity index (χ1v) is 9.49. The Balaban J connectivity index is 3.16. The molecule has 0 atom stereocenters. The molecule has 0 aliphatic heterocycles. The van der Waals surface area contributed by atoms with Crippen molar-refractivity contribution < 1.29 is 4.79 Å². The van der Waals surface area contributed by atoms with Crippen molar-refractivity contribution in [3.8, 4) is 0 Å². The molecule has 4 heteroatoms. The molecule has 1 amide bonds. The molecule has 0 aliphatic rings. The van der Waals surface area contributed by atoms with Gasteiger partial charge in [0.2, 0.25) is 5.91 Å². The summed E-state index contributed by atoms with van der Waals surface area (Å²) in [4.78, 5) is 11.6. The predicted molar refractivity (Wildman–Crippen MR) is 96.0 cm³/mol. The molecule has 0 fully saturated rings. The van der Waals surface area contributed by atoms with Crippen LogP contribution in [0.5, 0.6) is 0 Å². The summed E-state index contributed by atoms with van der Waals surface area (Å²) in [6, 6.07) is 0. The highest BCUT2D eigenvalue weighted by molar-refractivity contribution is 9.10. The van der Waals surface area contributed by atoms with Gasteiger partial charge in [-0.3, -0.25) is 4.79 Å². The zero-order valence-electron chi connectivity index (χ0n) is 13.2. The summed E-state index contributed by atoms with van der Waals surface area (Å²) in [5.74, 6) is 1.11. The van der Waals surface area contributed by atoms with Gasteiger partial charge in [0, 0.05) is 6.54 Å². The van der Waals surface area contributed by atoms with E-state index in [1.807, 2.05) is 13.8 Å². The van der Waals surface area contributed by atoms with E-state index in [0.29, 0.717) is 0 Å². The number of alkyl halides is 1. The van der Waals surface area contributed by atoms with E-state index in [1.54, 1.807) is 0 Å². The summed E-state index contributed by atoms with van der Waals surface area (Å²) in [5, 5.41) is 2.96. The topological polar surface area (TPSA) is 29.1 Å². The van der Waals surface area contributed by atoms with E-state index in [1.165, 1.54) is 57.8 Å². The van der Waals surface area contributed by atoms with Gasteiger partial charge in [0.05, 0.1) is 4.32 Å². The summed E-state index contributed by atoms with van der Waals surface area (Å²) in [7, 11) is 0. The third-order valence-corrected chi connectivity index (χ3v) is 4.09. The first-order chi connectivity index (χ1) is 9.48. The molecule has 0 heterocycles. The highest BCUT2D eigenvalue weighted by atomic mass is 79.9. The fourth-order valence-corrected chi connectivity index (χ4v) is 2.43. The average Bonchev–Trinajstić information content (AvgIpc) is 2.38. The van der Waals surface area contributed by atoms with Crippen LogP contribution in [0, 0.1) is 0 Å². The molecule has 0 saturated carbocycles. The van der Waals surface area contributed by atoms with Crippen molar-refractivity contribution in [2.24, 2.45) is 0 Å². The summed E-state index contributed by atoms with van der Waals surface area (Å²) in [6.45, 7) is 4.55. The van der Waals surface area contributed by atoms with E-state index < -0.39 is 4.32 Å². The van der Waals surface area contributed by atoms with Gasteiger partial charge in [-0.05, 0) is 32.4 Å². The van der Waals surface area contributed by atoms with Crippen molar-refractivity contribution in [2.45, 2.75) is 82.4 Å². The first kappa shape index (κ1) is 20.3. The Bertz CT molecular complexity index is 241. The van der Waals surface area contributed by atoms with Gasteiger partial charge < -0.3 is 5.32 Å². The maximum absolute atomic E-state index is 11.6. The maximum atomic E-state index is 11.6. The summed E-state index contributed by atoms with van der Waals surface area (Å²) >= 11 is 7.58. The van der Waals surface area contributed by atoms with Gasteiger partial charge in [-0.1, -0.05) is 67.3 Å². The van der Waals surface area contributed by atoms with Gasteiger partial charge in [0.15, 0.2) is 0 Å². The quantitative estimate of drug-likeness (QED) is 0.265. The molecule has 20 heavy (non-hydrogen) atoms. The Morgan fingerprint density at radius 2 is 1.30 bits per heavy atom. The van der Waals surface area contributed by atoms with Gasteiger partial charge in [-0.2, -0.15) is 12.6 Å².